The predicted molar refractivity (Wildman–Crippen MR) is 84.0 cm³/mol. The van der Waals surface area contributed by atoms with E-state index < -0.39 is 10.0 Å². The lowest BCUT2D eigenvalue weighted by atomic mass is 10.1. The molecule has 0 bridgehead atoms. The molecule has 0 saturated carbocycles. The van der Waals surface area contributed by atoms with Crippen LogP contribution in [0.15, 0.2) is 28.3 Å². The molecule has 1 N–H and O–H groups in total. The molecule has 2 rings (SSSR count). The van der Waals surface area contributed by atoms with Crippen LogP contribution in [0.3, 0.4) is 0 Å². The lowest BCUT2D eigenvalue weighted by Gasteiger charge is -2.28. The smallest absolute Gasteiger partial charge is 0.256 e. The van der Waals surface area contributed by atoms with Crippen LogP contribution in [0.4, 0.5) is 0 Å². The summed E-state index contributed by atoms with van der Waals surface area (Å²) < 4.78 is 26.5. The predicted octanol–water partition coefficient (Wildman–Crippen LogP) is -0.416. The van der Waals surface area contributed by atoms with Crippen LogP contribution >= 0.6 is 12.4 Å². The van der Waals surface area contributed by atoms with E-state index in [1.165, 1.54) is 0 Å². The number of nitrogens with zero attached hydrogens (tertiary/aromatic N) is 3. The van der Waals surface area contributed by atoms with Crippen molar-refractivity contribution in [3.8, 4) is 0 Å². The molecule has 9 heteroatoms. The normalized spacial score (nSPS) is 19.0. The number of nitrogens with one attached hydrogen (secondary N) is 1. The Morgan fingerprint density at radius 3 is 2.86 bits per heavy atom. The number of rotatable bonds is 4. The van der Waals surface area contributed by atoms with Gasteiger partial charge in [0.2, 0.25) is 0 Å². The van der Waals surface area contributed by atoms with Gasteiger partial charge in [0.25, 0.3) is 15.9 Å². The zero-order valence-electron chi connectivity index (χ0n) is 11.9. The SMILES string of the molecule is CNCCN(C)C(=O)C1=CN2CCS(=O)(=O)N=C2C=C1.Cl. The average Bonchev–Trinajstić information content (AvgIpc) is 2.42. The number of halogens is 1. The van der Waals surface area contributed by atoms with E-state index in [4.69, 9.17) is 0 Å². The van der Waals surface area contributed by atoms with Crippen molar-refractivity contribution in [2.45, 2.75) is 0 Å². The summed E-state index contributed by atoms with van der Waals surface area (Å²) in [5.74, 6) is 0.243. The summed E-state index contributed by atoms with van der Waals surface area (Å²) in [6, 6.07) is 0. The van der Waals surface area contributed by atoms with Crippen molar-refractivity contribution in [1.82, 2.24) is 15.1 Å². The second-order valence-electron chi connectivity index (χ2n) is 4.68. The number of amidine groups is 1. The monoisotopic (exact) mass is 334 g/mol. The van der Waals surface area contributed by atoms with Gasteiger partial charge in [0.15, 0.2) is 0 Å². The zero-order valence-corrected chi connectivity index (χ0v) is 13.6. The number of carbonyl (C=O) groups is 1. The largest absolute Gasteiger partial charge is 0.340 e. The summed E-state index contributed by atoms with van der Waals surface area (Å²) in [4.78, 5) is 15.5. The van der Waals surface area contributed by atoms with Gasteiger partial charge in [-0.1, -0.05) is 0 Å². The first-order chi connectivity index (χ1) is 9.43. The minimum absolute atomic E-state index is 0. The quantitative estimate of drug-likeness (QED) is 0.755. The molecule has 0 aliphatic carbocycles. The molecular formula is C12H19ClN4O3S. The van der Waals surface area contributed by atoms with Crippen molar-refractivity contribution < 1.29 is 13.2 Å². The highest BCUT2D eigenvalue weighted by Gasteiger charge is 2.25. The molecule has 0 radical (unpaired) electrons. The first kappa shape index (κ1) is 17.7. The number of hydrogen-bond donors (Lipinski definition) is 1. The van der Waals surface area contributed by atoms with Crippen molar-refractivity contribution in [2.24, 2.45) is 4.40 Å². The maximum absolute atomic E-state index is 12.2. The maximum Gasteiger partial charge on any atom is 0.256 e. The number of fused-ring (bicyclic) bond motifs is 1. The number of hydrogen-bond acceptors (Lipinski definition) is 5. The summed E-state index contributed by atoms with van der Waals surface area (Å²) in [6.07, 6.45) is 4.83. The molecule has 118 valence electrons. The van der Waals surface area contributed by atoms with Gasteiger partial charge in [0.05, 0.1) is 11.3 Å². The van der Waals surface area contributed by atoms with Gasteiger partial charge in [-0.25, -0.2) is 8.42 Å². The van der Waals surface area contributed by atoms with Gasteiger partial charge in [0, 0.05) is 32.9 Å². The summed E-state index contributed by atoms with van der Waals surface area (Å²) in [5.41, 5.74) is 0.529. The van der Waals surface area contributed by atoms with Crippen LogP contribution in [0.2, 0.25) is 0 Å². The van der Waals surface area contributed by atoms with E-state index in [9.17, 15) is 13.2 Å². The van der Waals surface area contributed by atoms with E-state index >= 15 is 0 Å². The Morgan fingerprint density at radius 1 is 1.48 bits per heavy atom. The Morgan fingerprint density at radius 2 is 2.19 bits per heavy atom. The molecule has 0 fully saturated rings. The van der Waals surface area contributed by atoms with Crippen LogP contribution in [0, 0.1) is 0 Å². The van der Waals surface area contributed by atoms with Gasteiger partial charge in [-0.05, 0) is 19.2 Å². The standard InChI is InChI=1S/C12H18N4O3S.ClH/c1-13-5-6-15(2)12(17)10-3-4-11-14-20(18,19)8-7-16(11)9-10;/h3-4,9,13H,5-8H2,1-2H3;1H. The van der Waals surface area contributed by atoms with Gasteiger partial charge < -0.3 is 15.1 Å². The van der Waals surface area contributed by atoms with Crippen LogP contribution < -0.4 is 5.32 Å². The first-order valence-electron chi connectivity index (χ1n) is 6.32. The van der Waals surface area contributed by atoms with E-state index in [1.54, 1.807) is 35.2 Å². The Kier molecular flexibility index (Phi) is 5.94. The molecule has 0 aromatic heterocycles. The molecule has 0 atom stereocenters. The third-order valence-electron chi connectivity index (χ3n) is 3.11. The molecule has 0 aromatic carbocycles. The average molecular weight is 335 g/mol. The Balaban J connectivity index is 0.00000220. The van der Waals surface area contributed by atoms with Gasteiger partial charge >= 0.3 is 0 Å². The summed E-state index contributed by atoms with van der Waals surface area (Å²) in [6.45, 7) is 1.65. The molecular weight excluding hydrogens is 316 g/mol. The van der Waals surface area contributed by atoms with Gasteiger partial charge in [-0.2, -0.15) is 0 Å². The van der Waals surface area contributed by atoms with Crippen LogP contribution in [-0.2, 0) is 14.8 Å². The van der Waals surface area contributed by atoms with Gasteiger partial charge in [-0.3, -0.25) is 4.79 Å². The van der Waals surface area contributed by atoms with E-state index in [1.807, 2.05) is 7.05 Å². The third kappa shape index (κ3) is 4.29. The van der Waals surface area contributed by atoms with E-state index in [0.717, 1.165) is 0 Å². The second kappa shape index (κ2) is 7.06. The highest BCUT2D eigenvalue weighted by atomic mass is 35.5. The zero-order chi connectivity index (χ0) is 14.8. The van der Waals surface area contributed by atoms with Crippen molar-refractivity contribution >= 4 is 34.2 Å². The van der Waals surface area contributed by atoms with Crippen molar-refractivity contribution in [1.29, 1.82) is 0 Å². The molecule has 21 heavy (non-hydrogen) atoms. The van der Waals surface area contributed by atoms with E-state index in [-0.39, 0.29) is 24.1 Å². The highest BCUT2D eigenvalue weighted by molar-refractivity contribution is 7.90. The topological polar surface area (TPSA) is 82.1 Å². The number of amides is 1. The fourth-order valence-electron chi connectivity index (χ4n) is 1.93. The Labute approximate surface area is 130 Å². The first-order valence-corrected chi connectivity index (χ1v) is 7.93. The van der Waals surface area contributed by atoms with Crippen LogP contribution in [-0.4, -0.2) is 69.4 Å². The van der Waals surface area contributed by atoms with E-state index in [2.05, 4.69) is 9.71 Å². The summed E-state index contributed by atoms with van der Waals surface area (Å²) in [5, 5.41) is 2.98. The molecule has 0 saturated heterocycles. The highest BCUT2D eigenvalue weighted by Crippen LogP contribution is 2.16. The van der Waals surface area contributed by atoms with E-state index in [0.29, 0.717) is 31.0 Å². The van der Waals surface area contributed by atoms with Crippen molar-refractivity contribution in [2.75, 3.05) is 39.5 Å². The molecule has 0 spiro atoms. The van der Waals surface area contributed by atoms with Crippen molar-refractivity contribution in [3.63, 3.8) is 0 Å². The van der Waals surface area contributed by atoms with Gasteiger partial charge in [0.1, 0.15) is 5.84 Å². The minimum atomic E-state index is -3.36. The molecule has 7 nitrogen and oxygen atoms in total. The van der Waals surface area contributed by atoms with Crippen LogP contribution in [0.25, 0.3) is 0 Å². The molecule has 0 aromatic rings. The summed E-state index contributed by atoms with van der Waals surface area (Å²) in [7, 11) is 0.206. The molecule has 1 amide bonds. The molecule has 0 unspecified atom stereocenters. The number of likely N-dealkylation sites (N-methyl/N-ethyl adjacent to an activating group) is 2. The van der Waals surface area contributed by atoms with Crippen LogP contribution in [0.1, 0.15) is 0 Å². The molecule has 2 heterocycles. The lowest BCUT2D eigenvalue weighted by molar-refractivity contribution is -0.125. The fourth-order valence-corrected chi connectivity index (χ4v) is 2.90. The lowest BCUT2D eigenvalue weighted by Crippen LogP contribution is -2.39. The van der Waals surface area contributed by atoms with Crippen molar-refractivity contribution in [3.05, 3.63) is 23.9 Å². The fraction of sp³-hybridized carbons (Fsp3) is 0.500. The Bertz CT molecular complexity index is 598. The minimum Gasteiger partial charge on any atom is -0.340 e. The maximum atomic E-state index is 12.2. The third-order valence-corrected chi connectivity index (χ3v) is 4.28. The number of carbonyl (C=O) groups excluding carboxylic acids is 1. The van der Waals surface area contributed by atoms with Gasteiger partial charge in [-0.15, -0.1) is 16.8 Å². The Hall–Kier alpha value is -1.38. The number of sulfonamides is 1. The summed E-state index contributed by atoms with van der Waals surface area (Å²) >= 11 is 0. The van der Waals surface area contributed by atoms with Crippen LogP contribution in [0.5, 0.6) is 0 Å². The second-order valence-corrected chi connectivity index (χ2v) is 6.43. The molecule has 2 aliphatic rings. The molecule has 2 aliphatic heterocycles.